The van der Waals surface area contributed by atoms with Gasteiger partial charge in [0.15, 0.2) is 0 Å². The van der Waals surface area contributed by atoms with E-state index in [9.17, 15) is 4.79 Å². The van der Waals surface area contributed by atoms with Crippen LogP contribution in [0.5, 0.6) is 5.75 Å². The van der Waals surface area contributed by atoms with Gasteiger partial charge in [-0.05, 0) is 63.2 Å². The molecule has 0 aliphatic rings. The highest BCUT2D eigenvalue weighted by Gasteiger charge is 2.14. The van der Waals surface area contributed by atoms with Crippen LogP contribution in [0.1, 0.15) is 30.0 Å². The lowest BCUT2D eigenvalue weighted by Crippen LogP contribution is -2.19. The van der Waals surface area contributed by atoms with Gasteiger partial charge in [0.05, 0.1) is 6.10 Å². The molecular weight excluding hydrogens is 352 g/mol. The molecule has 0 spiro atoms. The lowest BCUT2D eigenvalue weighted by atomic mass is 10.2. The van der Waals surface area contributed by atoms with E-state index >= 15 is 0 Å². The lowest BCUT2D eigenvalue weighted by Gasteiger charge is -2.18. The fourth-order valence-electron chi connectivity index (χ4n) is 2.67. The van der Waals surface area contributed by atoms with Crippen LogP contribution in [0.3, 0.4) is 0 Å². The highest BCUT2D eigenvalue weighted by atomic mass is 16.5. The first kappa shape index (κ1) is 19.4. The topological polar surface area (TPSA) is 67.3 Å². The van der Waals surface area contributed by atoms with Gasteiger partial charge in [-0.3, -0.25) is 4.79 Å². The van der Waals surface area contributed by atoms with E-state index in [1.165, 1.54) is 0 Å². The predicted octanol–water partition coefficient (Wildman–Crippen LogP) is 4.59. The molecule has 144 valence electrons. The molecule has 0 atom stereocenters. The van der Waals surface area contributed by atoms with Crippen LogP contribution in [0.25, 0.3) is 0 Å². The highest BCUT2D eigenvalue weighted by Crippen LogP contribution is 2.21. The number of amides is 1. The Hall–Kier alpha value is -3.41. The number of hydrogen-bond donors (Lipinski definition) is 1. The maximum absolute atomic E-state index is 12.7. The first-order valence-electron chi connectivity index (χ1n) is 9.15. The third-order valence-electron chi connectivity index (χ3n) is 4.00. The fraction of sp³-hybridized carbons (Fsp3) is 0.227. The van der Waals surface area contributed by atoms with Gasteiger partial charge in [-0.15, -0.1) is 0 Å². The number of anilines is 3. The van der Waals surface area contributed by atoms with Crippen molar-refractivity contribution in [1.82, 2.24) is 9.97 Å². The minimum absolute atomic E-state index is 0.101. The lowest BCUT2D eigenvalue weighted by molar-refractivity contribution is 0.102. The van der Waals surface area contributed by atoms with E-state index in [2.05, 4.69) is 15.3 Å². The number of aryl methyl sites for hydroxylation is 1. The average molecular weight is 376 g/mol. The normalized spacial score (nSPS) is 10.6. The van der Waals surface area contributed by atoms with E-state index in [1.807, 2.05) is 75.2 Å². The number of aromatic nitrogens is 2. The fourth-order valence-corrected chi connectivity index (χ4v) is 2.67. The number of hydrogen-bond acceptors (Lipinski definition) is 5. The van der Waals surface area contributed by atoms with Crippen molar-refractivity contribution < 1.29 is 9.53 Å². The van der Waals surface area contributed by atoms with Gasteiger partial charge < -0.3 is 15.0 Å². The number of benzene rings is 2. The smallest absolute Gasteiger partial charge is 0.274 e. The molecule has 1 amide bonds. The molecule has 0 saturated heterocycles. The molecule has 3 rings (SSSR count). The summed E-state index contributed by atoms with van der Waals surface area (Å²) in [7, 11) is 1.87. The van der Waals surface area contributed by atoms with Crippen molar-refractivity contribution in [2.45, 2.75) is 26.9 Å². The van der Waals surface area contributed by atoms with Crippen LogP contribution in [-0.4, -0.2) is 29.0 Å². The summed E-state index contributed by atoms with van der Waals surface area (Å²) in [6.07, 6.45) is 0.101. The number of carbonyl (C=O) groups excluding carboxylic acids is 1. The van der Waals surface area contributed by atoms with Gasteiger partial charge in [0, 0.05) is 24.1 Å². The van der Waals surface area contributed by atoms with Crippen LogP contribution in [0.2, 0.25) is 0 Å². The maximum atomic E-state index is 12.7. The molecule has 1 aromatic heterocycles. The molecule has 0 radical (unpaired) electrons. The molecule has 0 bridgehead atoms. The SMILES string of the molecule is Cc1cc(C(=O)Nc2ccc(OC(C)C)cc2)nc(N(C)c2ccccc2)n1. The van der Waals surface area contributed by atoms with Gasteiger partial charge in [-0.1, -0.05) is 18.2 Å². The third-order valence-corrected chi connectivity index (χ3v) is 4.00. The zero-order valence-electron chi connectivity index (χ0n) is 16.5. The summed E-state index contributed by atoms with van der Waals surface area (Å²) < 4.78 is 5.62. The molecule has 0 aliphatic heterocycles. The molecule has 0 fully saturated rings. The first-order chi connectivity index (χ1) is 13.4. The Kier molecular flexibility index (Phi) is 5.89. The van der Waals surface area contributed by atoms with Gasteiger partial charge in [-0.2, -0.15) is 0 Å². The Morgan fingerprint density at radius 3 is 2.36 bits per heavy atom. The zero-order valence-corrected chi connectivity index (χ0v) is 16.5. The van der Waals surface area contributed by atoms with Crippen molar-refractivity contribution in [1.29, 1.82) is 0 Å². The Bertz CT molecular complexity index is 941. The molecule has 0 aliphatic carbocycles. The Morgan fingerprint density at radius 2 is 1.71 bits per heavy atom. The van der Waals surface area contributed by atoms with E-state index in [4.69, 9.17) is 4.74 Å². The van der Waals surface area contributed by atoms with Gasteiger partial charge in [0.2, 0.25) is 5.95 Å². The monoisotopic (exact) mass is 376 g/mol. The van der Waals surface area contributed by atoms with Crippen LogP contribution in [0, 0.1) is 6.92 Å². The Labute approximate surface area is 165 Å². The molecule has 3 aromatic rings. The summed E-state index contributed by atoms with van der Waals surface area (Å²) in [6, 6.07) is 18.7. The first-order valence-corrected chi connectivity index (χ1v) is 9.15. The number of para-hydroxylation sites is 1. The van der Waals surface area contributed by atoms with Crippen LogP contribution in [0.4, 0.5) is 17.3 Å². The summed E-state index contributed by atoms with van der Waals surface area (Å²) in [4.78, 5) is 23.4. The minimum Gasteiger partial charge on any atom is -0.491 e. The van der Waals surface area contributed by atoms with Crippen LogP contribution in [0.15, 0.2) is 60.7 Å². The van der Waals surface area contributed by atoms with Crippen molar-refractivity contribution in [3.63, 3.8) is 0 Å². The summed E-state index contributed by atoms with van der Waals surface area (Å²) in [6.45, 7) is 5.78. The van der Waals surface area contributed by atoms with Gasteiger partial charge in [0.1, 0.15) is 11.4 Å². The quantitative estimate of drug-likeness (QED) is 0.681. The van der Waals surface area contributed by atoms with Crippen molar-refractivity contribution in [2.24, 2.45) is 0 Å². The highest BCUT2D eigenvalue weighted by molar-refractivity contribution is 6.03. The van der Waals surface area contributed by atoms with Crippen LogP contribution < -0.4 is 15.0 Å². The second-order valence-electron chi connectivity index (χ2n) is 6.73. The van der Waals surface area contributed by atoms with Crippen molar-refractivity contribution in [3.8, 4) is 5.75 Å². The van der Waals surface area contributed by atoms with Gasteiger partial charge >= 0.3 is 0 Å². The summed E-state index contributed by atoms with van der Waals surface area (Å²) in [5.41, 5.74) is 2.65. The van der Waals surface area contributed by atoms with Crippen molar-refractivity contribution in [2.75, 3.05) is 17.3 Å². The Morgan fingerprint density at radius 1 is 1.04 bits per heavy atom. The second-order valence-corrected chi connectivity index (χ2v) is 6.73. The molecule has 28 heavy (non-hydrogen) atoms. The summed E-state index contributed by atoms with van der Waals surface area (Å²) in [5.74, 6) is 0.945. The van der Waals surface area contributed by atoms with Crippen LogP contribution >= 0.6 is 0 Å². The van der Waals surface area contributed by atoms with Gasteiger partial charge in [0.25, 0.3) is 5.91 Å². The van der Waals surface area contributed by atoms with Gasteiger partial charge in [-0.25, -0.2) is 9.97 Å². The maximum Gasteiger partial charge on any atom is 0.274 e. The van der Waals surface area contributed by atoms with E-state index in [0.29, 0.717) is 17.3 Å². The predicted molar refractivity (Wildman–Crippen MR) is 111 cm³/mol. The van der Waals surface area contributed by atoms with Crippen LogP contribution in [-0.2, 0) is 0 Å². The van der Waals surface area contributed by atoms with E-state index in [0.717, 1.165) is 17.1 Å². The molecule has 1 heterocycles. The number of ether oxygens (including phenoxy) is 1. The molecule has 6 heteroatoms. The Balaban J connectivity index is 1.77. The number of nitrogens with zero attached hydrogens (tertiary/aromatic N) is 3. The van der Waals surface area contributed by atoms with Crippen molar-refractivity contribution >= 4 is 23.2 Å². The molecular formula is C22H24N4O2. The average Bonchev–Trinajstić information content (AvgIpc) is 2.68. The minimum atomic E-state index is -0.286. The standard InChI is InChI=1S/C22H24N4O2/c1-15(2)28-19-12-10-17(11-13-19)24-21(27)20-14-16(3)23-22(25-20)26(4)18-8-6-5-7-9-18/h5-15H,1-4H3,(H,24,27). The largest absolute Gasteiger partial charge is 0.491 e. The molecule has 2 aromatic carbocycles. The van der Waals surface area contributed by atoms with Crippen molar-refractivity contribution in [3.05, 3.63) is 72.1 Å². The number of nitrogens with one attached hydrogen (secondary N) is 1. The number of rotatable bonds is 6. The zero-order chi connectivity index (χ0) is 20.1. The van der Waals surface area contributed by atoms with E-state index < -0.39 is 0 Å². The molecule has 0 saturated carbocycles. The molecule has 1 N–H and O–H groups in total. The third kappa shape index (κ3) is 4.85. The summed E-state index contributed by atoms with van der Waals surface area (Å²) >= 11 is 0. The van der Waals surface area contributed by atoms with E-state index in [1.54, 1.807) is 18.2 Å². The summed E-state index contributed by atoms with van der Waals surface area (Å²) in [5, 5.41) is 2.87. The molecule has 0 unspecified atom stereocenters. The number of carbonyl (C=O) groups is 1. The van der Waals surface area contributed by atoms with E-state index in [-0.39, 0.29) is 12.0 Å². The molecule has 6 nitrogen and oxygen atoms in total. The second kappa shape index (κ2) is 8.52.